The summed E-state index contributed by atoms with van der Waals surface area (Å²) < 4.78 is 5.84. The van der Waals surface area contributed by atoms with Crippen molar-refractivity contribution in [2.45, 2.75) is 52.2 Å². The quantitative estimate of drug-likeness (QED) is 0.695. The van der Waals surface area contributed by atoms with Crippen molar-refractivity contribution in [3.05, 3.63) is 0 Å². The third kappa shape index (κ3) is 3.42. The van der Waals surface area contributed by atoms with Gasteiger partial charge < -0.3 is 9.84 Å². The molecule has 1 fully saturated rings. The molecule has 1 saturated carbocycles. The van der Waals surface area contributed by atoms with Crippen molar-refractivity contribution in [3.8, 4) is 0 Å². The molecular formula is C13H25NO3. The summed E-state index contributed by atoms with van der Waals surface area (Å²) in [6.45, 7) is 7.40. The number of nitrogens with zero attached hydrogens (tertiary/aromatic N) is 1. The van der Waals surface area contributed by atoms with Crippen molar-refractivity contribution in [1.29, 1.82) is 0 Å². The number of ether oxygens (including phenoxy) is 1. The first-order chi connectivity index (χ1) is 7.89. The summed E-state index contributed by atoms with van der Waals surface area (Å²) in [5.41, 5.74) is 0.0535. The summed E-state index contributed by atoms with van der Waals surface area (Å²) in [6, 6.07) is 0.310. The van der Waals surface area contributed by atoms with E-state index in [1.807, 2.05) is 11.9 Å². The van der Waals surface area contributed by atoms with Crippen LogP contribution in [-0.2, 0) is 9.53 Å². The van der Waals surface area contributed by atoms with Crippen LogP contribution in [0.5, 0.6) is 0 Å². The fourth-order valence-electron chi connectivity index (χ4n) is 2.59. The van der Waals surface area contributed by atoms with E-state index in [-0.39, 0.29) is 18.1 Å². The van der Waals surface area contributed by atoms with Crippen LogP contribution in [-0.4, -0.2) is 48.3 Å². The predicted molar refractivity (Wildman–Crippen MR) is 67.1 cm³/mol. The summed E-state index contributed by atoms with van der Waals surface area (Å²) in [7, 11) is 1.88. The maximum atomic E-state index is 10.7. The molecule has 100 valence electrons. The van der Waals surface area contributed by atoms with Crippen LogP contribution in [0.15, 0.2) is 0 Å². The molecule has 0 aromatic rings. The fraction of sp³-hybridized carbons (Fsp3) is 0.923. The second kappa shape index (κ2) is 5.83. The minimum atomic E-state index is -0.765. The van der Waals surface area contributed by atoms with Gasteiger partial charge in [-0.05, 0) is 19.9 Å². The van der Waals surface area contributed by atoms with Gasteiger partial charge in [0.15, 0.2) is 0 Å². The lowest BCUT2D eigenvalue weighted by atomic mass is 9.64. The van der Waals surface area contributed by atoms with E-state index in [9.17, 15) is 4.79 Å². The van der Waals surface area contributed by atoms with Crippen molar-refractivity contribution in [3.63, 3.8) is 0 Å². The molecule has 0 amide bonds. The van der Waals surface area contributed by atoms with Crippen molar-refractivity contribution in [2.24, 2.45) is 5.41 Å². The SMILES string of the molecule is CCCCOC1CC(N(C)CC(=O)O)C1(C)C. The Bertz CT molecular complexity index is 265. The minimum Gasteiger partial charge on any atom is -0.480 e. The second-order valence-electron chi connectivity index (χ2n) is 5.59. The monoisotopic (exact) mass is 243 g/mol. The van der Waals surface area contributed by atoms with Crippen LogP contribution in [0.1, 0.15) is 40.0 Å². The fourth-order valence-corrected chi connectivity index (χ4v) is 2.59. The highest BCUT2D eigenvalue weighted by Gasteiger charge is 2.50. The molecule has 0 aromatic carbocycles. The maximum absolute atomic E-state index is 10.7. The van der Waals surface area contributed by atoms with E-state index in [1.165, 1.54) is 0 Å². The summed E-state index contributed by atoms with van der Waals surface area (Å²) in [5.74, 6) is -0.765. The minimum absolute atomic E-state index is 0.0535. The lowest BCUT2D eigenvalue weighted by molar-refractivity contribution is -0.158. The number of carbonyl (C=O) groups is 1. The summed E-state index contributed by atoms with van der Waals surface area (Å²) in [5, 5.41) is 8.79. The molecule has 4 nitrogen and oxygen atoms in total. The van der Waals surface area contributed by atoms with Gasteiger partial charge >= 0.3 is 5.97 Å². The number of hydrogen-bond acceptors (Lipinski definition) is 3. The molecule has 17 heavy (non-hydrogen) atoms. The highest BCUT2D eigenvalue weighted by atomic mass is 16.5. The standard InChI is InChI=1S/C13H25NO3/c1-5-6-7-17-11-8-10(13(11,2)3)14(4)9-12(15)16/h10-11H,5-9H2,1-4H3,(H,15,16). The van der Waals surface area contributed by atoms with Crippen molar-refractivity contribution >= 4 is 5.97 Å². The molecule has 4 heteroatoms. The van der Waals surface area contributed by atoms with Crippen LogP contribution in [0.3, 0.4) is 0 Å². The van der Waals surface area contributed by atoms with Crippen LogP contribution in [0.2, 0.25) is 0 Å². The number of carboxylic acid groups (broad SMARTS) is 1. The van der Waals surface area contributed by atoms with Gasteiger partial charge in [-0.25, -0.2) is 0 Å². The van der Waals surface area contributed by atoms with Gasteiger partial charge in [-0.3, -0.25) is 9.69 Å². The summed E-state index contributed by atoms with van der Waals surface area (Å²) >= 11 is 0. The molecule has 1 aliphatic carbocycles. The largest absolute Gasteiger partial charge is 0.480 e. The van der Waals surface area contributed by atoms with Gasteiger partial charge in [0.1, 0.15) is 0 Å². The van der Waals surface area contributed by atoms with Gasteiger partial charge in [-0.1, -0.05) is 27.2 Å². The van der Waals surface area contributed by atoms with E-state index in [4.69, 9.17) is 9.84 Å². The van der Waals surface area contributed by atoms with Crippen molar-refractivity contribution < 1.29 is 14.6 Å². The van der Waals surface area contributed by atoms with Crippen LogP contribution in [0, 0.1) is 5.41 Å². The average Bonchev–Trinajstić information content (AvgIpc) is 2.21. The lowest BCUT2D eigenvalue weighted by Gasteiger charge is -2.54. The Morgan fingerprint density at radius 1 is 1.53 bits per heavy atom. The summed E-state index contributed by atoms with van der Waals surface area (Å²) in [6.07, 6.45) is 3.47. The zero-order chi connectivity index (χ0) is 13.1. The number of likely N-dealkylation sites (N-methyl/N-ethyl adjacent to an activating group) is 1. The van der Waals surface area contributed by atoms with Crippen LogP contribution >= 0.6 is 0 Å². The molecule has 1 N–H and O–H groups in total. The smallest absolute Gasteiger partial charge is 0.317 e. The molecule has 1 aliphatic rings. The Morgan fingerprint density at radius 2 is 2.18 bits per heavy atom. The third-order valence-corrected chi connectivity index (χ3v) is 3.86. The molecule has 0 aliphatic heterocycles. The zero-order valence-electron chi connectivity index (χ0n) is 11.4. The first-order valence-electron chi connectivity index (χ1n) is 6.43. The molecular weight excluding hydrogens is 218 g/mol. The average molecular weight is 243 g/mol. The van der Waals surface area contributed by atoms with E-state index in [2.05, 4.69) is 20.8 Å². The Hall–Kier alpha value is -0.610. The van der Waals surface area contributed by atoms with Gasteiger partial charge in [-0.2, -0.15) is 0 Å². The van der Waals surface area contributed by atoms with Gasteiger partial charge in [0.25, 0.3) is 0 Å². The van der Waals surface area contributed by atoms with Crippen molar-refractivity contribution in [1.82, 2.24) is 4.90 Å². The maximum Gasteiger partial charge on any atom is 0.317 e. The molecule has 0 saturated heterocycles. The van der Waals surface area contributed by atoms with Crippen LogP contribution in [0.4, 0.5) is 0 Å². The molecule has 1 rings (SSSR count). The molecule has 0 aromatic heterocycles. The first-order valence-corrected chi connectivity index (χ1v) is 6.43. The Morgan fingerprint density at radius 3 is 2.65 bits per heavy atom. The van der Waals surface area contributed by atoms with E-state index < -0.39 is 5.97 Å². The van der Waals surface area contributed by atoms with E-state index in [0.717, 1.165) is 25.9 Å². The molecule has 2 atom stereocenters. The Labute approximate surface area is 104 Å². The topological polar surface area (TPSA) is 49.8 Å². The number of hydrogen-bond donors (Lipinski definition) is 1. The van der Waals surface area contributed by atoms with Gasteiger partial charge in [0, 0.05) is 18.1 Å². The molecule has 0 bridgehead atoms. The van der Waals surface area contributed by atoms with E-state index >= 15 is 0 Å². The zero-order valence-corrected chi connectivity index (χ0v) is 11.4. The molecule has 0 spiro atoms. The molecule has 0 heterocycles. The lowest BCUT2D eigenvalue weighted by Crippen LogP contribution is -2.61. The van der Waals surface area contributed by atoms with Gasteiger partial charge in [0.05, 0.1) is 12.6 Å². The molecule has 0 radical (unpaired) electrons. The number of aliphatic carboxylic acids is 1. The number of carboxylic acids is 1. The van der Waals surface area contributed by atoms with Gasteiger partial charge in [-0.15, -0.1) is 0 Å². The second-order valence-corrected chi connectivity index (χ2v) is 5.59. The van der Waals surface area contributed by atoms with E-state index in [0.29, 0.717) is 6.04 Å². The highest BCUT2D eigenvalue weighted by Crippen LogP contribution is 2.45. The number of rotatable bonds is 7. The molecule has 2 unspecified atom stereocenters. The normalized spacial score (nSPS) is 26.9. The number of unbranched alkanes of at least 4 members (excludes halogenated alkanes) is 1. The van der Waals surface area contributed by atoms with Crippen LogP contribution < -0.4 is 0 Å². The summed E-state index contributed by atoms with van der Waals surface area (Å²) in [4.78, 5) is 12.6. The van der Waals surface area contributed by atoms with Gasteiger partial charge in [0.2, 0.25) is 0 Å². The highest BCUT2D eigenvalue weighted by molar-refractivity contribution is 5.69. The Balaban J connectivity index is 2.40. The Kier molecular flexibility index (Phi) is 4.95. The van der Waals surface area contributed by atoms with E-state index in [1.54, 1.807) is 0 Å². The van der Waals surface area contributed by atoms with Crippen molar-refractivity contribution in [2.75, 3.05) is 20.2 Å². The first kappa shape index (κ1) is 14.5. The third-order valence-electron chi connectivity index (χ3n) is 3.86. The van der Waals surface area contributed by atoms with Crippen LogP contribution in [0.25, 0.3) is 0 Å². The predicted octanol–water partition coefficient (Wildman–Crippen LogP) is 1.99.